The summed E-state index contributed by atoms with van der Waals surface area (Å²) in [4.78, 5) is 15.4. The van der Waals surface area contributed by atoms with E-state index in [-0.39, 0.29) is 33.3 Å². The van der Waals surface area contributed by atoms with Crippen molar-refractivity contribution in [3.05, 3.63) is 26.3 Å². The SMILES string of the molecule is Cc1sc(=O)[nH]c1/C=C/[C@H]1C[C@H](O[Si](C)(C)C(C)(C)C)[C@@H](CO[Si](C)(C)C(C)(C)C)O1. The molecular weight excluding hydrogens is 442 g/mol. The molecule has 2 heterocycles. The predicted molar refractivity (Wildman–Crippen MR) is 137 cm³/mol. The fourth-order valence-electron chi connectivity index (χ4n) is 2.99. The lowest BCUT2D eigenvalue weighted by Crippen LogP contribution is -2.48. The molecule has 0 saturated carbocycles. The average molecular weight is 486 g/mol. The summed E-state index contributed by atoms with van der Waals surface area (Å²) in [5, 5.41) is 0.294. The monoisotopic (exact) mass is 485 g/mol. The lowest BCUT2D eigenvalue weighted by atomic mass is 10.1. The third-order valence-electron chi connectivity index (χ3n) is 7.24. The lowest BCUT2D eigenvalue weighted by Gasteiger charge is -2.40. The maximum atomic E-state index is 11.6. The number of nitrogens with one attached hydrogen (secondary N) is 1. The van der Waals surface area contributed by atoms with E-state index in [0.29, 0.717) is 6.61 Å². The van der Waals surface area contributed by atoms with Gasteiger partial charge in [-0.3, -0.25) is 4.79 Å². The highest BCUT2D eigenvalue weighted by Crippen LogP contribution is 2.41. The van der Waals surface area contributed by atoms with E-state index in [1.54, 1.807) is 0 Å². The van der Waals surface area contributed by atoms with Gasteiger partial charge in [0.25, 0.3) is 0 Å². The molecule has 1 N–H and O–H groups in total. The number of H-pyrrole nitrogens is 1. The molecule has 0 aliphatic carbocycles. The van der Waals surface area contributed by atoms with E-state index < -0.39 is 16.6 Å². The molecule has 8 heteroatoms. The molecule has 1 aromatic heterocycles. The molecule has 178 valence electrons. The Labute approximate surface area is 194 Å². The van der Waals surface area contributed by atoms with Crippen LogP contribution < -0.4 is 4.87 Å². The van der Waals surface area contributed by atoms with Gasteiger partial charge in [-0.15, -0.1) is 0 Å². The van der Waals surface area contributed by atoms with Crippen LogP contribution in [0.3, 0.4) is 0 Å². The second-order valence-electron chi connectivity index (χ2n) is 11.8. The highest BCUT2D eigenvalue weighted by atomic mass is 32.1. The fraction of sp³-hybridized carbons (Fsp3) is 0.783. The molecule has 0 amide bonds. The summed E-state index contributed by atoms with van der Waals surface area (Å²) in [6.45, 7) is 25.2. The van der Waals surface area contributed by atoms with Gasteiger partial charge in [0, 0.05) is 11.3 Å². The summed E-state index contributed by atoms with van der Waals surface area (Å²) in [6, 6.07) is 0. The number of rotatable bonds is 7. The van der Waals surface area contributed by atoms with Gasteiger partial charge in [-0.2, -0.15) is 0 Å². The second-order valence-corrected chi connectivity index (χ2v) is 22.5. The maximum absolute atomic E-state index is 11.6. The Morgan fingerprint density at radius 2 is 1.68 bits per heavy atom. The first-order valence-corrected chi connectivity index (χ1v) is 17.9. The lowest BCUT2D eigenvalue weighted by molar-refractivity contribution is -0.00364. The molecule has 1 aromatic rings. The van der Waals surface area contributed by atoms with Gasteiger partial charge in [-0.1, -0.05) is 59.0 Å². The van der Waals surface area contributed by atoms with Crippen molar-refractivity contribution in [3.8, 4) is 0 Å². The van der Waals surface area contributed by atoms with Gasteiger partial charge in [0.15, 0.2) is 16.6 Å². The molecule has 0 unspecified atom stereocenters. The van der Waals surface area contributed by atoms with Crippen molar-refractivity contribution in [1.82, 2.24) is 4.98 Å². The normalized spacial score (nSPS) is 23.8. The number of aromatic nitrogens is 1. The van der Waals surface area contributed by atoms with Crippen molar-refractivity contribution in [1.29, 1.82) is 0 Å². The topological polar surface area (TPSA) is 60.6 Å². The summed E-state index contributed by atoms with van der Waals surface area (Å²) in [6.07, 6.45) is 4.72. The third-order valence-corrected chi connectivity index (χ3v) is 17.1. The van der Waals surface area contributed by atoms with Crippen LogP contribution >= 0.6 is 11.3 Å². The molecule has 0 spiro atoms. The van der Waals surface area contributed by atoms with Crippen LogP contribution in [0, 0.1) is 6.92 Å². The van der Waals surface area contributed by atoms with Crippen molar-refractivity contribution in [3.63, 3.8) is 0 Å². The van der Waals surface area contributed by atoms with Crippen LogP contribution in [-0.4, -0.2) is 46.5 Å². The Balaban J connectivity index is 2.18. The second kappa shape index (κ2) is 9.39. The molecule has 2 rings (SSSR count). The van der Waals surface area contributed by atoms with Gasteiger partial charge in [0.1, 0.15) is 6.10 Å². The molecule has 1 fully saturated rings. The number of aromatic amines is 1. The third kappa shape index (κ3) is 6.74. The smallest absolute Gasteiger partial charge is 0.305 e. The van der Waals surface area contributed by atoms with Gasteiger partial charge in [-0.05, 0) is 49.3 Å². The Bertz CT molecular complexity index is 830. The first kappa shape index (κ1) is 26.7. The molecule has 0 radical (unpaired) electrons. The van der Waals surface area contributed by atoms with E-state index in [1.165, 1.54) is 11.3 Å². The van der Waals surface area contributed by atoms with E-state index >= 15 is 0 Å². The number of hydrogen-bond acceptors (Lipinski definition) is 5. The largest absolute Gasteiger partial charge is 0.414 e. The number of thiazole rings is 1. The highest BCUT2D eigenvalue weighted by molar-refractivity contribution is 7.09. The van der Waals surface area contributed by atoms with Crippen molar-refractivity contribution in [2.24, 2.45) is 0 Å². The zero-order valence-electron chi connectivity index (χ0n) is 21.3. The van der Waals surface area contributed by atoms with E-state index in [9.17, 15) is 4.79 Å². The van der Waals surface area contributed by atoms with Crippen LogP contribution in [0.4, 0.5) is 0 Å². The molecule has 0 aromatic carbocycles. The minimum absolute atomic E-state index is 0.0166. The van der Waals surface area contributed by atoms with Gasteiger partial charge < -0.3 is 18.6 Å². The summed E-state index contributed by atoms with van der Waals surface area (Å²) in [7, 11) is -3.82. The minimum Gasteiger partial charge on any atom is -0.414 e. The molecule has 0 bridgehead atoms. The molecule has 1 aliphatic heterocycles. The Hall–Kier alpha value is -0.516. The molecule has 1 saturated heterocycles. The van der Waals surface area contributed by atoms with E-state index in [0.717, 1.165) is 17.0 Å². The molecule has 3 atom stereocenters. The quantitative estimate of drug-likeness (QED) is 0.459. The van der Waals surface area contributed by atoms with Crippen molar-refractivity contribution in [2.75, 3.05) is 6.61 Å². The zero-order valence-corrected chi connectivity index (χ0v) is 24.2. The van der Waals surface area contributed by atoms with Crippen LogP contribution in [0.5, 0.6) is 0 Å². The van der Waals surface area contributed by atoms with Gasteiger partial charge in [0.05, 0.1) is 24.5 Å². The van der Waals surface area contributed by atoms with E-state index in [2.05, 4.69) is 78.8 Å². The summed E-state index contributed by atoms with van der Waals surface area (Å²) in [5.74, 6) is 0. The van der Waals surface area contributed by atoms with Gasteiger partial charge in [0.2, 0.25) is 0 Å². The van der Waals surface area contributed by atoms with Gasteiger partial charge in [-0.25, -0.2) is 0 Å². The molecule has 31 heavy (non-hydrogen) atoms. The van der Waals surface area contributed by atoms with Crippen LogP contribution in [0.2, 0.25) is 36.3 Å². The standard InChI is InChI=1S/C23H43NO4SSi2/c1-16-18(24-21(25)29-16)13-12-17-14-19(28-31(10,11)23(5,6)7)20(27-17)15-26-30(8,9)22(2,3)4/h12-13,17,19-20H,14-15H2,1-11H3,(H,24,25)/b13-12+/t17-,19-,20+/m0/s1. The number of aryl methyl sites for hydroxylation is 1. The average Bonchev–Trinajstić information content (AvgIpc) is 3.10. The van der Waals surface area contributed by atoms with Crippen molar-refractivity contribution in [2.45, 2.75) is 109 Å². The first-order valence-electron chi connectivity index (χ1n) is 11.3. The molecule has 1 aliphatic rings. The molecular formula is C23H43NO4SSi2. The van der Waals surface area contributed by atoms with Crippen molar-refractivity contribution >= 4 is 34.0 Å². The van der Waals surface area contributed by atoms with Gasteiger partial charge >= 0.3 is 4.87 Å². The zero-order chi connectivity index (χ0) is 23.8. The van der Waals surface area contributed by atoms with E-state index in [1.807, 2.05) is 13.0 Å². The Kier molecular flexibility index (Phi) is 8.09. The fourth-order valence-corrected chi connectivity index (χ4v) is 6.03. The predicted octanol–water partition coefficient (Wildman–Crippen LogP) is 6.33. The number of ether oxygens (including phenoxy) is 1. The summed E-state index contributed by atoms with van der Waals surface area (Å²) in [5.41, 5.74) is 0.862. The maximum Gasteiger partial charge on any atom is 0.305 e. The van der Waals surface area contributed by atoms with Crippen LogP contribution in [0.25, 0.3) is 6.08 Å². The van der Waals surface area contributed by atoms with E-state index in [4.69, 9.17) is 13.6 Å². The first-order chi connectivity index (χ1) is 13.9. The van der Waals surface area contributed by atoms with Crippen molar-refractivity contribution < 1.29 is 13.6 Å². The highest BCUT2D eigenvalue weighted by Gasteiger charge is 2.45. The molecule has 5 nitrogen and oxygen atoms in total. The van der Waals surface area contributed by atoms with Crippen LogP contribution in [-0.2, 0) is 13.6 Å². The minimum atomic E-state index is -1.94. The number of hydrogen-bond donors (Lipinski definition) is 1. The Morgan fingerprint density at radius 1 is 1.10 bits per heavy atom. The summed E-state index contributed by atoms with van der Waals surface area (Å²) < 4.78 is 19.7. The summed E-state index contributed by atoms with van der Waals surface area (Å²) >= 11 is 1.24. The van der Waals surface area contributed by atoms with Crippen LogP contribution in [0.15, 0.2) is 10.9 Å². The van der Waals surface area contributed by atoms with Crippen LogP contribution in [0.1, 0.15) is 58.5 Å². The Morgan fingerprint density at radius 3 is 2.16 bits per heavy atom.